The van der Waals surface area contributed by atoms with Gasteiger partial charge in [0.1, 0.15) is 18.5 Å². The van der Waals surface area contributed by atoms with Crippen LogP contribution >= 0.6 is 23.2 Å². The number of halogens is 2. The number of carbonyl (C=O) groups excluding carboxylic acids is 1. The van der Waals surface area contributed by atoms with Crippen LogP contribution in [0.15, 0.2) is 12.1 Å². The van der Waals surface area contributed by atoms with Crippen LogP contribution in [0.4, 0.5) is 0 Å². The molecular formula is C19H24Cl2O4. The van der Waals surface area contributed by atoms with E-state index in [9.17, 15) is 9.90 Å². The Morgan fingerprint density at radius 3 is 2.68 bits per heavy atom. The SMILES string of the molecule is O=C1C[C@H](O)CC(COc2c(Cl)cc(Cl)cc2CC2CCCCC2)O1. The zero-order valence-electron chi connectivity index (χ0n) is 14.2. The van der Waals surface area contributed by atoms with E-state index in [1.54, 1.807) is 6.07 Å². The average Bonchev–Trinajstić information content (AvgIpc) is 2.54. The zero-order valence-corrected chi connectivity index (χ0v) is 15.7. The normalized spacial score (nSPS) is 24.8. The van der Waals surface area contributed by atoms with Crippen LogP contribution in [0, 0.1) is 5.92 Å². The number of aliphatic hydroxyl groups excluding tert-OH is 1. The van der Waals surface area contributed by atoms with Crippen LogP contribution < -0.4 is 4.74 Å². The van der Waals surface area contributed by atoms with E-state index in [1.807, 2.05) is 6.07 Å². The number of hydrogen-bond acceptors (Lipinski definition) is 4. The van der Waals surface area contributed by atoms with Gasteiger partial charge >= 0.3 is 5.97 Å². The fourth-order valence-corrected chi connectivity index (χ4v) is 4.36. The van der Waals surface area contributed by atoms with Gasteiger partial charge in [0.05, 0.1) is 17.5 Å². The van der Waals surface area contributed by atoms with Crippen LogP contribution in [-0.4, -0.2) is 29.9 Å². The molecule has 1 N–H and O–H groups in total. The van der Waals surface area contributed by atoms with E-state index in [0.717, 1.165) is 12.0 Å². The molecule has 4 nitrogen and oxygen atoms in total. The van der Waals surface area contributed by atoms with E-state index in [1.165, 1.54) is 32.1 Å². The third kappa shape index (κ3) is 5.25. The third-order valence-corrected chi connectivity index (χ3v) is 5.47. The van der Waals surface area contributed by atoms with Gasteiger partial charge in [-0.3, -0.25) is 4.79 Å². The summed E-state index contributed by atoms with van der Waals surface area (Å²) >= 11 is 12.5. The molecule has 0 aromatic heterocycles. The summed E-state index contributed by atoms with van der Waals surface area (Å²) in [7, 11) is 0. The van der Waals surface area contributed by atoms with Gasteiger partial charge in [0.2, 0.25) is 0 Å². The maximum Gasteiger partial charge on any atom is 0.308 e. The zero-order chi connectivity index (χ0) is 17.8. The number of cyclic esters (lactones) is 1. The number of carbonyl (C=O) groups is 1. The minimum Gasteiger partial charge on any atom is -0.488 e. The first kappa shape index (κ1) is 18.8. The molecule has 1 saturated heterocycles. The van der Waals surface area contributed by atoms with E-state index in [-0.39, 0.29) is 13.0 Å². The molecule has 1 aromatic carbocycles. The number of aliphatic hydroxyl groups is 1. The summed E-state index contributed by atoms with van der Waals surface area (Å²) in [4.78, 5) is 11.5. The lowest BCUT2D eigenvalue weighted by atomic mass is 9.84. The summed E-state index contributed by atoms with van der Waals surface area (Å²) in [5.41, 5.74) is 1.01. The highest BCUT2D eigenvalue weighted by Gasteiger charge is 2.28. The van der Waals surface area contributed by atoms with Crippen molar-refractivity contribution in [2.45, 2.75) is 63.6 Å². The van der Waals surface area contributed by atoms with E-state index in [2.05, 4.69) is 0 Å². The maximum absolute atomic E-state index is 11.5. The predicted octanol–water partition coefficient (Wildman–Crippen LogP) is 4.56. The Balaban J connectivity index is 1.69. The first-order valence-corrected chi connectivity index (χ1v) is 9.75. The summed E-state index contributed by atoms with van der Waals surface area (Å²) in [5.74, 6) is 0.852. The number of rotatable bonds is 5. The molecule has 0 spiro atoms. The van der Waals surface area contributed by atoms with Crippen molar-refractivity contribution in [2.75, 3.05) is 6.61 Å². The van der Waals surface area contributed by atoms with Gasteiger partial charge in [0, 0.05) is 11.4 Å². The summed E-state index contributed by atoms with van der Waals surface area (Å²) in [5, 5.41) is 10.8. The Hall–Kier alpha value is -0.970. The van der Waals surface area contributed by atoms with E-state index < -0.39 is 18.2 Å². The van der Waals surface area contributed by atoms with Crippen LogP contribution in [0.1, 0.15) is 50.5 Å². The average molecular weight is 387 g/mol. The van der Waals surface area contributed by atoms with Crippen molar-refractivity contribution < 1.29 is 19.4 Å². The fourth-order valence-electron chi connectivity index (χ4n) is 3.77. The molecule has 138 valence electrons. The first-order chi connectivity index (χ1) is 12.0. The highest BCUT2D eigenvalue weighted by molar-refractivity contribution is 6.35. The fraction of sp³-hybridized carbons (Fsp3) is 0.632. The van der Waals surface area contributed by atoms with Gasteiger partial charge in [-0.05, 0) is 30.0 Å². The van der Waals surface area contributed by atoms with Crippen molar-refractivity contribution in [1.29, 1.82) is 0 Å². The van der Waals surface area contributed by atoms with Gasteiger partial charge in [-0.15, -0.1) is 0 Å². The quantitative estimate of drug-likeness (QED) is 0.753. The largest absolute Gasteiger partial charge is 0.488 e. The molecule has 25 heavy (non-hydrogen) atoms. The van der Waals surface area contributed by atoms with E-state index in [0.29, 0.717) is 28.1 Å². The molecule has 1 heterocycles. The number of ether oxygens (including phenoxy) is 2. The van der Waals surface area contributed by atoms with Crippen LogP contribution in [0.2, 0.25) is 10.0 Å². The van der Waals surface area contributed by atoms with E-state index in [4.69, 9.17) is 32.7 Å². The molecule has 6 heteroatoms. The Bertz CT molecular complexity index is 614. The molecule has 1 aliphatic carbocycles. The van der Waals surface area contributed by atoms with Crippen molar-refractivity contribution in [2.24, 2.45) is 5.92 Å². The summed E-state index contributed by atoms with van der Waals surface area (Å²) in [6.07, 6.45) is 6.49. The van der Waals surface area contributed by atoms with Crippen LogP contribution in [0.5, 0.6) is 5.75 Å². The Labute approximate surface area is 158 Å². The summed E-state index contributed by atoms with van der Waals surface area (Å²) in [6.45, 7) is 0.182. The molecular weight excluding hydrogens is 363 g/mol. The molecule has 0 bridgehead atoms. The number of hydrogen-bond donors (Lipinski definition) is 1. The van der Waals surface area contributed by atoms with Crippen molar-refractivity contribution in [1.82, 2.24) is 0 Å². The second-order valence-corrected chi connectivity index (χ2v) is 7.94. The Kier molecular flexibility index (Phi) is 6.48. The van der Waals surface area contributed by atoms with Gasteiger partial charge in [0.25, 0.3) is 0 Å². The molecule has 0 radical (unpaired) electrons. The smallest absolute Gasteiger partial charge is 0.308 e. The van der Waals surface area contributed by atoms with Crippen molar-refractivity contribution in [3.8, 4) is 5.75 Å². The van der Waals surface area contributed by atoms with Gasteiger partial charge < -0.3 is 14.6 Å². The molecule has 2 atom stereocenters. The summed E-state index contributed by atoms with van der Waals surface area (Å²) < 4.78 is 11.2. The molecule has 1 unspecified atom stereocenters. The van der Waals surface area contributed by atoms with Crippen molar-refractivity contribution in [3.05, 3.63) is 27.7 Å². The molecule has 2 fully saturated rings. The lowest BCUT2D eigenvalue weighted by molar-refractivity contribution is -0.162. The predicted molar refractivity (Wildman–Crippen MR) is 97.4 cm³/mol. The van der Waals surface area contributed by atoms with Crippen molar-refractivity contribution in [3.63, 3.8) is 0 Å². The molecule has 1 aromatic rings. The molecule has 3 rings (SSSR count). The second-order valence-electron chi connectivity index (χ2n) is 7.10. The standard InChI is InChI=1S/C19H24Cl2O4/c20-14-7-13(6-12-4-2-1-3-5-12)19(17(21)8-14)24-11-16-9-15(22)10-18(23)25-16/h7-8,12,15-16,22H,1-6,9-11H2/t15-,16?/m1/s1. The first-order valence-electron chi connectivity index (χ1n) is 8.99. The van der Waals surface area contributed by atoms with Gasteiger partial charge in [0.15, 0.2) is 0 Å². The van der Waals surface area contributed by atoms with Crippen LogP contribution in [0.25, 0.3) is 0 Å². The van der Waals surface area contributed by atoms with E-state index >= 15 is 0 Å². The van der Waals surface area contributed by atoms with Crippen molar-refractivity contribution >= 4 is 29.2 Å². The molecule has 1 aliphatic heterocycles. The Morgan fingerprint density at radius 2 is 1.96 bits per heavy atom. The molecule has 1 saturated carbocycles. The topological polar surface area (TPSA) is 55.8 Å². The lowest BCUT2D eigenvalue weighted by Crippen LogP contribution is -2.36. The minimum absolute atomic E-state index is 0.0468. The molecule has 0 amide bonds. The van der Waals surface area contributed by atoms with Gasteiger partial charge in [-0.2, -0.15) is 0 Å². The van der Waals surface area contributed by atoms with Crippen LogP contribution in [-0.2, 0) is 16.0 Å². The number of benzene rings is 1. The highest BCUT2D eigenvalue weighted by atomic mass is 35.5. The lowest BCUT2D eigenvalue weighted by Gasteiger charge is -2.27. The number of esters is 1. The van der Waals surface area contributed by atoms with Crippen LogP contribution in [0.3, 0.4) is 0 Å². The monoisotopic (exact) mass is 386 g/mol. The third-order valence-electron chi connectivity index (χ3n) is 4.97. The molecule has 2 aliphatic rings. The highest BCUT2D eigenvalue weighted by Crippen LogP contribution is 2.37. The maximum atomic E-state index is 11.5. The second kappa shape index (κ2) is 8.61. The Morgan fingerprint density at radius 1 is 1.20 bits per heavy atom. The minimum atomic E-state index is -0.669. The summed E-state index contributed by atoms with van der Waals surface area (Å²) in [6, 6.07) is 3.59. The van der Waals surface area contributed by atoms with Gasteiger partial charge in [-0.25, -0.2) is 0 Å². The van der Waals surface area contributed by atoms with Gasteiger partial charge in [-0.1, -0.05) is 55.3 Å².